The lowest BCUT2D eigenvalue weighted by Crippen LogP contribution is -2.37. The predicted octanol–water partition coefficient (Wildman–Crippen LogP) is -2.93. The van der Waals surface area contributed by atoms with Gasteiger partial charge < -0.3 is 35.1 Å². The highest BCUT2D eigenvalue weighted by Gasteiger charge is 2.26. The van der Waals surface area contributed by atoms with Crippen LogP contribution in [0.1, 0.15) is 6.92 Å². The van der Waals surface area contributed by atoms with Crippen LogP contribution in [0.2, 0.25) is 0 Å². The van der Waals surface area contributed by atoms with Crippen molar-refractivity contribution in [2.75, 3.05) is 39.6 Å². The van der Waals surface area contributed by atoms with Crippen molar-refractivity contribution in [2.24, 2.45) is 17.2 Å². The van der Waals surface area contributed by atoms with Gasteiger partial charge in [0.05, 0.1) is 38.4 Å². The number of hydrogen-bond donors (Lipinski definition) is 6. The number of ether oxygens (including phenoxy) is 1. The first-order chi connectivity index (χ1) is 10.8. The Bertz CT molecular complexity index is 351. The van der Waals surface area contributed by atoms with Crippen LogP contribution in [0.25, 0.3) is 0 Å². The third kappa shape index (κ3) is 9.23. The van der Waals surface area contributed by atoms with Crippen LogP contribution >= 0.6 is 0 Å². The molecule has 0 spiro atoms. The number of aliphatic hydroxyl groups excluding tert-OH is 5. The minimum Gasteiger partial charge on any atom is -0.461 e. The van der Waals surface area contributed by atoms with Crippen LogP contribution in [-0.4, -0.2) is 77.1 Å². The highest BCUT2D eigenvalue weighted by Crippen LogP contribution is 2.11. The first-order valence-corrected chi connectivity index (χ1v) is 6.54. The van der Waals surface area contributed by atoms with Gasteiger partial charge in [0.1, 0.15) is 12.5 Å². The lowest BCUT2D eigenvalue weighted by Gasteiger charge is -2.23. The molecule has 1 atom stereocenters. The molecule has 0 amide bonds. The molecule has 0 saturated carbocycles. The summed E-state index contributed by atoms with van der Waals surface area (Å²) in [6.07, 6.45) is 0. The Balaban J connectivity index is 0. The molecule has 0 rings (SSSR count). The molecule has 136 valence electrons. The fourth-order valence-electron chi connectivity index (χ4n) is 0.891. The van der Waals surface area contributed by atoms with Gasteiger partial charge in [-0.2, -0.15) is 5.90 Å². The zero-order valence-electron chi connectivity index (χ0n) is 13.0. The fraction of sp³-hybridized carbons (Fsp3) is 0.692. The largest absolute Gasteiger partial charge is 0.461 e. The number of carbonyl (C=O) groups excluding carboxylic acids is 2. The lowest BCUT2D eigenvalue weighted by atomic mass is 9.93. The summed E-state index contributed by atoms with van der Waals surface area (Å²) in [5.41, 5.74) is -0.900. The van der Waals surface area contributed by atoms with E-state index in [9.17, 15) is 9.59 Å². The lowest BCUT2D eigenvalue weighted by molar-refractivity contribution is -0.155. The van der Waals surface area contributed by atoms with E-state index in [4.69, 9.17) is 25.5 Å². The molecular formula is C13H25NO9. The molecule has 0 heterocycles. The maximum Gasteiger partial charge on any atom is 0.333 e. The van der Waals surface area contributed by atoms with E-state index in [1.54, 1.807) is 0 Å². The maximum absolute atomic E-state index is 10.9. The van der Waals surface area contributed by atoms with E-state index in [0.717, 1.165) is 0 Å². The van der Waals surface area contributed by atoms with Gasteiger partial charge in [0.2, 0.25) is 0 Å². The number of nitrogens with two attached hydrogens (primary N) is 1. The third-order valence-electron chi connectivity index (χ3n) is 2.78. The van der Waals surface area contributed by atoms with Gasteiger partial charge in [0, 0.05) is 5.57 Å². The van der Waals surface area contributed by atoms with Crippen molar-refractivity contribution in [3.8, 4) is 0 Å². The van der Waals surface area contributed by atoms with Gasteiger partial charge in [-0.1, -0.05) is 6.58 Å². The van der Waals surface area contributed by atoms with E-state index in [-0.39, 0.29) is 12.2 Å². The second kappa shape index (κ2) is 12.9. The average Bonchev–Trinajstić information content (AvgIpc) is 2.58. The first kappa shape index (κ1) is 23.7. The Labute approximate surface area is 133 Å². The number of hydrogen-bond acceptors (Lipinski definition) is 10. The summed E-state index contributed by atoms with van der Waals surface area (Å²) in [6.45, 7) is 2.41. The van der Waals surface area contributed by atoms with Gasteiger partial charge in [-0.25, -0.2) is 9.59 Å². The van der Waals surface area contributed by atoms with Crippen molar-refractivity contribution < 1.29 is 44.7 Å². The minimum absolute atomic E-state index is 0.211. The summed E-state index contributed by atoms with van der Waals surface area (Å²) in [7, 11) is 0. The molecule has 0 radical (unpaired) electrons. The highest BCUT2D eigenvalue weighted by atomic mass is 16.7. The smallest absolute Gasteiger partial charge is 0.333 e. The van der Waals surface area contributed by atoms with Crippen molar-refractivity contribution in [3.05, 3.63) is 12.2 Å². The molecule has 0 aromatic heterocycles. The second-order valence-electron chi connectivity index (χ2n) is 4.83. The van der Waals surface area contributed by atoms with Crippen LogP contribution in [0, 0.1) is 11.3 Å². The topological polar surface area (TPSA) is 180 Å². The Hall–Kier alpha value is -1.56. The van der Waals surface area contributed by atoms with Gasteiger partial charge >= 0.3 is 11.9 Å². The van der Waals surface area contributed by atoms with Crippen LogP contribution in [-0.2, 0) is 19.2 Å². The maximum atomic E-state index is 10.9. The van der Waals surface area contributed by atoms with E-state index in [2.05, 4.69) is 22.1 Å². The summed E-state index contributed by atoms with van der Waals surface area (Å²) in [5.74, 6) is 2.18. The molecule has 0 aliphatic carbocycles. The zero-order valence-corrected chi connectivity index (χ0v) is 13.0. The average molecular weight is 339 g/mol. The van der Waals surface area contributed by atoms with Crippen molar-refractivity contribution in [1.82, 2.24) is 0 Å². The summed E-state index contributed by atoms with van der Waals surface area (Å²) < 4.78 is 4.62. The Morgan fingerprint density at radius 2 is 1.52 bits per heavy atom. The van der Waals surface area contributed by atoms with Crippen LogP contribution in [0.5, 0.6) is 0 Å². The molecule has 0 fully saturated rings. The zero-order chi connectivity index (χ0) is 18.5. The van der Waals surface area contributed by atoms with E-state index in [1.807, 2.05) is 0 Å². The first-order valence-electron chi connectivity index (χ1n) is 6.54. The molecule has 0 saturated heterocycles. The van der Waals surface area contributed by atoms with Crippen molar-refractivity contribution in [2.45, 2.75) is 6.92 Å². The van der Waals surface area contributed by atoms with E-state index in [0.29, 0.717) is 0 Å². The van der Waals surface area contributed by atoms with Crippen molar-refractivity contribution >= 4 is 11.9 Å². The van der Waals surface area contributed by atoms with Gasteiger partial charge in [-0.15, -0.1) is 0 Å². The Morgan fingerprint density at radius 1 is 1.09 bits per heavy atom. The molecular weight excluding hydrogens is 314 g/mol. The van der Waals surface area contributed by atoms with Gasteiger partial charge in [-0.05, 0) is 6.92 Å². The van der Waals surface area contributed by atoms with Gasteiger partial charge in [0.15, 0.2) is 0 Å². The summed E-state index contributed by atoms with van der Waals surface area (Å²) in [6, 6.07) is 0. The van der Waals surface area contributed by atoms with E-state index >= 15 is 0 Å². The van der Waals surface area contributed by atoms with Crippen LogP contribution in [0.4, 0.5) is 0 Å². The van der Waals surface area contributed by atoms with E-state index in [1.165, 1.54) is 6.92 Å². The number of rotatable bonds is 9. The quantitative estimate of drug-likeness (QED) is 0.145. The molecule has 0 aromatic carbocycles. The molecule has 0 aliphatic rings. The molecule has 0 aliphatic heterocycles. The van der Waals surface area contributed by atoms with Crippen LogP contribution in [0.3, 0.4) is 0 Å². The highest BCUT2D eigenvalue weighted by molar-refractivity contribution is 5.87. The van der Waals surface area contributed by atoms with Gasteiger partial charge in [0.25, 0.3) is 0 Å². The summed E-state index contributed by atoms with van der Waals surface area (Å²) >= 11 is 0. The molecule has 0 aromatic rings. The molecule has 23 heavy (non-hydrogen) atoms. The summed E-state index contributed by atoms with van der Waals surface area (Å²) in [5, 5.41) is 42.7. The standard InChI is InChI=1S/C8H13NO5.C5H12O4/c1-5(2)7(11)13-4-6(3-10)8(12)14-9;6-1-5(2-7,3-8)4-9/h6,10H,1,3-4,9H2,2H3;6-9H,1-4H2. The minimum atomic E-state index is -1.11. The number of carbonyl (C=O) groups is 2. The molecule has 7 N–H and O–H groups in total. The van der Waals surface area contributed by atoms with Crippen molar-refractivity contribution in [3.63, 3.8) is 0 Å². The van der Waals surface area contributed by atoms with Crippen LogP contribution < -0.4 is 5.90 Å². The fourth-order valence-corrected chi connectivity index (χ4v) is 0.891. The second-order valence-corrected chi connectivity index (χ2v) is 4.83. The SMILES string of the molecule is C=C(C)C(=O)OCC(CO)C(=O)ON.OCC(CO)(CO)CO. The third-order valence-corrected chi connectivity index (χ3v) is 2.78. The predicted molar refractivity (Wildman–Crippen MR) is 77.4 cm³/mol. The Kier molecular flexibility index (Phi) is 13.3. The van der Waals surface area contributed by atoms with Crippen LogP contribution in [0.15, 0.2) is 12.2 Å². The Morgan fingerprint density at radius 3 is 1.74 bits per heavy atom. The van der Waals surface area contributed by atoms with Gasteiger partial charge in [-0.3, -0.25) is 0 Å². The van der Waals surface area contributed by atoms with Crippen molar-refractivity contribution in [1.29, 1.82) is 0 Å². The molecule has 10 heteroatoms. The normalized spacial score (nSPS) is 11.8. The molecule has 1 unspecified atom stereocenters. The van der Waals surface area contributed by atoms with E-state index < -0.39 is 56.3 Å². The molecule has 0 bridgehead atoms. The molecule has 10 nitrogen and oxygen atoms in total. The number of aliphatic hydroxyl groups is 5. The summed E-state index contributed by atoms with van der Waals surface area (Å²) in [4.78, 5) is 25.6. The monoisotopic (exact) mass is 339 g/mol. The number of esters is 1.